The topological polar surface area (TPSA) is 58.6 Å². The molecule has 0 saturated heterocycles. The Morgan fingerprint density at radius 2 is 1.96 bits per heavy atom. The fourth-order valence-electron chi connectivity index (χ4n) is 2.97. The van der Waals surface area contributed by atoms with Crippen molar-refractivity contribution < 1.29 is 14.6 Å². The normalized spacial score (nSPS) is 22.3. The van der Waals surface area contributed by atoms with Crippen LogP contribution in [0.1, 0.15) is 38.2 Å². The van der Waals surface area contributed by atoms with E-state index < -0.39 is 0 Å². The predicted molar refractivity (Wildman–Crippen MR) is 94.7 cm³/mol. The molecule has 1 fully saturated rings. The Kier molecular flexibility index (Phi) is 6.66. The number of carbonyl (C=O) groups excluding carboxylic acids is 1. The van der Waals surface area contributed by atoms with Crippen LogP contribution in [0.15, 0.2) is 34.4 Å². The first kappa shape index (κ1) is 18.0. The molecule has 1 aromatic carbocycles. The number of halogens is 1. The summed E-state index contributed by atoms with van der Waals surface area (Å²) >= 11 is 3.50. The molecule has 1 aromatic rings. The van der Waals surface area contributed by atoms with Crippen LogP contribution < -0.4 is 5.32 Å². The summed E-state index contributed by atoms with van der Waals surface area (Å²) < 4.78 is 5.82. The standard InChI is InChI=1S/C18H24BrNO3/c1-12(20-11-13-7-9-14(21)10-8-13)17(18(22)23-2)15-5-3-4-6-16(15)19/h3-6,13-14,20-21H,7-11H2,1-2H3/b17-12+. The number of benzene rings is 1. The molecule has 0 amide bonds. The molecule has 0 unspecified atom stereocenters. The Labute approximate surface area is 146 Å². The molecule has 2 N–H and O–H groups in total. The molecular formula is C18H24BrNO3. The number of aliphatic hydroxyl groups excluding tert-OH is 1. The summed E-state index contributed by atoms with van der Waals surface area (Å²) in [6.07, 6.45) is 3.62. The second-order valence-corrected chi connectivity index (χ2v) is 6.88. The lowest BCUT2D eigenvalue weighted by Gasteiger charge is -2.26. The van der Waals surface area contributed by atoms with Crippen LogP contribution >= 0.6 is 15.9 Å². The van der Waals surface area contributed by atoms with E-state index in [-0.39, 0.29) is 12.1 Å². The maximum atomic E-state index is 12.2. The average Bonchev–Trinajstić information content (AvgIpc) is 2.56. The first-order chi connectivity index (χ1) is 11.0. The lowest BCUT2D eigenvalue weighted by molar-refractivity contribution is -0.133. The molecule has 0 spiro atoms. The Bertz CT molecular complexity index is 577. The molecule has 5 heteroatoms. The van der Waals surface area contributed by atoms with Gasteiger partial charge in [0.05, 0.1) is 18.8 Å². The van der Waals surface area contributed by atoms with E-state index in [0.29, 0.717) is 11.5 Å². The van der Waals surface area contributed by atoms with Crippen molar-refractivity contribution >= 4 is 27.5 Å². The minimum atomic E-state index is -0.346. The quantitative estimate of drug-likeness (QED) is 0.605. The number of hydrogen-bond donors (Lipinski definition) is 2. The van der Waals surface area contributed by atoms with Crippen LogP contribution in [0.4, 0.5) is 0 Å². The second-order valence-electron chi connectivity index (χ2n) is 6.03. The third-order valence-electron chi connectivity index (χ3n) is 4.38. The molecule has 0 bridgehead atoms. The molecule has 0 atom stereocenters. The minimum absolute atomic E-state index is 0.145. The molecule has 0 aliphatic heterocycles. The lowest BCUT2D eigenvalue weighted by atomic mass is 9.87. The third-order valence-corrected chi connectivity index (χ3v) is 5.07. The van der Waals surface area contributed by atoms with Crippen LogP contribution in [-0.4, -0.2) is 30.8 Å². The van der Waals surface area contributed by atoms with Crippen LogP contribution in [0.3, 0.4) is 0 Å². The summed E-state index contributed by atoms with van der Waals surface area (Å²) in [6.45, 7) is 2.72. The van der Waals surface area contributed by atoms with Crippen LogP contribution in [0.25, 0.3) is 5.57 Å². The van der Waals surface area contributed by atoms with Gasteiger partial charge in [0, 0.05) is 22.3 Å². The number of hydrogen-bond acceptors (Lipinski definition) is 4. The number of rotatable bonds is 5. The van der Waals surface area contributed by atoms with Gasteiger partial charge in [-0.2, -0.15) is 0 Å². The number of aliphatic hydroxyl groups is 1. The third kappa shape index (κ3) is 4.82. The summed E-state index contributed by atoms with van der Waals surface area (Å²) in [6, 6.07) is 7.63. The van der Waals surface area contributed by atoms with E-state index in [0.717, 1.165) is 48.0 Å². The number of methoxy groups -OCH3 is 1. The van der Waals surface area contributed by atoms with Crippen molar-refractivity contribution in [3.8, 4) is 0 Å². The van der Waals surface area contributed by atoms with Gasteiger partial charge >= 0.3 is 5.97 Å². The van der Waals surface area contributed by atoms with Crippen LogP contribution in [-0.2, 0) is 9.53 Å². The highest BCUT2D eigenvalue weighted by atomic mass is 79.9. The molecule has 0 aromatic heterocycles. The molecule has 2 rings (SSSR count). The molecule has 0 radical (unpaired) electrons. The highest BCUT2D eigenvalue weighted by Gasteiger charge is 2.21. The number of esters is 1. The van der Waals surface area contributed by atoms with E-state index in [1.54, 1.807) is 0 Å². The zero-order valence-electron chi connectivity index (χ0n) is 13.6. The van der Waals surface area contributed by atoms with Gasteiger partial charge in [-0.3, -0.25) is 0 Å². The number of ether oxygens (including phenoxy) is 1. The second kappa shape index (κ2) is 8.50. The van der Waals surface area contributed by atoms with Gasteiger partial charge in [0.15, 0.2) is 0 Å². The van der Waals surface area contributed by atoms with Gasteiger partial charge in [-0.25, -0.2) is 4.79 Å². The van der Waals surface area contributed by atoms with Gasteiger partial charge < -0.3 is 15.2 Å². The van der Waals surface area contributed by atoms with E-state index in [1.165, 1.54) is 7.11 Å². The number of carbonyl (C=O) groups is 1. The van der Waals surface area contributed by atoms with E-state index in [4.69, 9.17) is 4.74 Å². The molecule has 1 aliphatic carbocycles. The van der Waals surface area contributed by atoms with Gasteiger partial charge in [0.1, 0.15) is 0 Å². The maximum absolute atomic E-state index is 12.2. The predicted octanol–water partition coefficient (Wildman–Crippen LogP) is 3.49. The molecule has 0 heterocycles. The molecule has 23 heavy (non-hydrogen) atoms. The lowest BCUT2D eigenvalue weighted by Crippen LogP contribution is -2.28. The molecule has 126 valence electrons. The van der Waals surface area contributed by atoms with Gasteiger partial charge in [-0.05, 0) is 44.6 Å². The minimum Gasteiger partial charge on any atom is -0.465 e. The number of nitrogens with one attached hydrogen (secondary N) is 1. The Morgan fingerprint density at radius 1 is 1.30 bits per heavy atom. The Balaban J connectivity index is 2.15. The molecular weight excluding hydrogens is 358 g/mol. The summed E-state index contributed by atoms with van der Waals surface area (Å²) in [5.74, 6) is 0.187. The zero-order chi connectivity index (χ0) is 16.8. The van der Waals surface area contributed by atoms with E-state index >= 15 is 0 Å². The summed E-state index contributed by atoms with van der Waals surface area (Å²) in [5.41, 5.74) is 2.19. The first-order valence-electron chi connectivity index (χ1n) is 7.99. The molecule has 4 nitrogen and oxygen atoms in total. The van der Waals surface area contributed by atoms with Crippen molar-refractivity contribution in [2.75, 3.05) is 13.7 Å². The monoisotopic (exact) mass is 381 g/mol. The Hall–Kier alpha value is -1.33. The van der Waals surface area contributed by atoms with Crippen molar-refractivity contribution in [1.29, 1.82) is 0 Å². The number of allylic oxidation sites excluding steroid dienone is 1. The van der Waals surface area contributed by atoms with Crippen LogP contribution in [0, 0.1) is 5.92 Å². The smallest absolute Gasteiger partial charge is 0.340 e. The summed E-state index contributed by atoms with van der Waals surface area (Å²) in [5, 5.41) is 13.0. The van der Waals surface area contributed by atoms with Crippen molar-refractivity contribution in [3.05, 3.63) is 40.0 Å². The Morgan fingerprint density at radius 3 is 2.57 bits per heavy atom. The van der Waals surface area contributed by atoms with Crippen molar-refractivity contribution in [3.63, 3.8) is 0 Å². The SMILES string of the molecule is COC(=O)/C(=C(\C)NCC1CCC(O)CC1)c1ccccc1Br. The highest BCUT2D eigenvalue weighted by molar-refractivity contribution is 9.10. The van der Waals surface area contributed by atoms with Crippen molar-refractivity contribution in [1.82, 2.24) is 5.32 Å². The molecule has 1 saturated carbocycles. The van der Waals surface area contributed by atoms with Crippen molar-refractivity contribution in [2.45, 2.75) is 38.7 Å². The first-order valence-corrected chi connectivity index (χ1v) is 8.78. The maximum Gasteiger partial charge on any atom is 0.340 e. The fourth-order valence-corrected chi connectivity index (χ4v) is 3.45. The van der Waals surface area contributed by atoms with E-state index in [1.807, 2.05) is 31.2 Å². The van der Waals surface area contributed by atoms with Crippen molar-refractivity contribution in [2.24, 2.45) is 5.92 Å². The fraction of sp³-hybridized carbons (Fsp3) is 0.500. The van der Waals surface area contributed by atoms with Gasteiger partial charge in [-0.15, -0.1) is 0 Å². The summed E-state index contributed by atoms with van der Waals surface area (Å²) in [7, 11) is 1.40. The highest BCUT2D eigenvalue weighted by Crippen LogP contribution is 2.28. The van der Waals surface area contributed by atoms with Gasteiger partial charge in [0.2, 0.25) is 0 Å². The van der Waals surface area contributed by atoms with Crippen LogP contribution in [0.2, 0.25) is 0 Å². The van der Waals surface area contributed by atoms with Gasteiger partial charge in [-0.1, -0.05) is 34.1 Å². The van der Waals surface area contributed by atoms with E-state index in [9.17, 15) is 9.90 Å². The van der Waals surface area contributed by atoms with Gasteiger partial charge in [0.25, 0.3) is 0 Å². The molecule has 1 aliphatic rings. The zero-order valence-corrected chi connectivity index (χ0v) is 15.2. The summed E-state index contributed by atoms with van der Waals surface area (Å²) in [4.78, 5) is 12.2. The largest absolute Gasteiger partial charge is 0.465 e. The van der Waals surface area contributed by atoms with E-state index in [2.05, 4.69) is 21.2 Å². The van der Waals surface area contributed by atoms with Crippen LogP contribution in [0.5, 0.6) is 0 Å². The average molecular weight is 382 g/mol.